The summed E-state index contributed by atoms with van der Waals surface area (Å²) in [7, 11) is 0. The molecule has 0 aliphatic carbocycles. The van der Waals surface area contributed by atoms with Gasteiger partial charge in [-0.15, -0.1) is 0 Å². The lowest BCUT2D eigenvalue weighted by atomic mass is 10.0. The molecule has 2 aromatic carbocycles. The molecule has 0 fully saturated rings. The van der Waals surface area contributed by atoms with Gasteiger partial charge >= 0.3 is 5.97 Å². The van der Waals surface area contributed by atoms with Gasteiger partial charge in [-0.1, -0.05) is 45.9 Å². The first kappa shape index (κ1) is 20.0. The summed E-state index contributed by atoms with van der Waals surface area (Å²) in [6.07, 6.45) is 3.17. The van der Waals surface area contributed by atoms with Crippen LogP contribution in [0.1, 0.15) is 61.9 Å². The van der Waals surface area contributed by atoms with Gasteiger partial charge in [0.1, 0.15) is 18.1 Å². The van der Waals surface area contributed by atoms with E-state index in [4.69, 9.17) is 9.47 Å². The first-order valence-electron chi connectivity index (χ1n) is 9.60. The van der Waals surface area contributed by atoms with Crippen LogP contribution >= 0.6 is 0 Å². The van der Waals surface area contributed by atoms with Gasteiger partial charge in [0.25, 0.3) is 0 Å². The summed E-state index contributed by atoms with van der Waals surface area (Å²) in [5.41, 5.74) is 5.93. The van der Waals surface area contributed by atoms with E-state index in [1.807, 2.05) is 12.1 Å². The van der Waals surface area contributed by atoms with Gasteiger partial charge in [-0.3, -0.25) is 4.79 Å². The SMILES string of the molecule is CCC(=O)Oc1cccc(CC)c1COc1cc(C)c(CC)cc1CC. The molecule has 2 rings (SSSR count). The second-order valence-corrected chi connectivity index (χ2v) is 6.46. The maximum absolute atomic E-state index is 11.8. The van der Waals surface area contributed by atoms with Crippen LogP contribution < -0.4 is 9.47 Å². The molecule has 3 heteroatoms. The molecular formula is C23H30O3. The topological polar surface area (TPSA) is 35.5 Å². The van der Waals surface area contributed by atoms with Crippen LogP contribution in [0.2, 0.25) is 0 Å². The van der Waals surface area contributed by atoms with Crippen LogP contribution in [0.3, 0.4) is 0 Å². The Hall–Kier alpha value is -2.29. The van der Waals surface area contributed by atoms with Crippen molar-refractivity contribution >= 4 is 5.97 Å². The fourth-order valence-electron chi connectivity index (χ4n) is 3.12. The van der Waals surface area contributed by atoms with E-state index in [1.54, 1.807) is 6.92 Å². The monoisotopic (exact) mass is 354 g/mol. The largest absolute Gasteiger partial charge is 0.488 e. The van der Waals surface area contributed by atoms with Crippen molar-refractivity contribution in [2.75, 3.05) is 0 Å². The van der Waals surface area contributed by atoms with Crippen molar-refractivity contribution in [1.82, 2.24) is 0 Å². The molecule has 0 spiro atoms. The molecule has 140 valence electrons. The van der Waals surface area contributed by atoms with Gasteiger partial charge in [0.05, 0.1) is 0 Å². The number of benzene rings is 2. The van der Waals surface area contributed by atoms with Crippen LogP contribution in [0.5, 0.6) is 11.5 Å². The summed E-state index contributed by atoms with van der Waals surface area (Å²) < 4.78 is 11.7. The summed E-state index contributed by atoms with van der Waals surface area (Å²) in [6, 6.07) is 10.2. The molecule has 0 saturated heterocycles. The molecular weight excluding hydrogens is 324 g/mol. The van der Waals surface area contributed by atoms with Crippen molar-refractivity contribution < 1.29 is 14.3 Å². The number of carbonyl (C=O) groups is 1. The third-order valence-corrected chi connectivity index (χ3v) is 4.78. The number of rotatable bonds is 8. The summed E-state index contributed by atoms with van der Waals surface area (Å²) in [6.45, 7) is 10.7. The zero-order valence-electron chi connectivity index (χ0n) is 16.6. The fourth-order valence-corrected chi connectivity index (χ4v) is 3.12. The molecule has 26 heavy (non-hydrogen) atoms. The Morgan fingerprint density at radius 1 is 0.885 bits per heavy atom. The quantitative estimate of drug-likeness (QED) is 0.459. The number of hydrogen-bond donors (Lipinski definition) is 0. The van der Waals surface area contributed by atoms with E-state index in [9.17, 15) is 4.79 Å². The summed E-state index contributed by atoms with van der Waals surface area (Å²) >= 11 is 0. The molecule has 0 aliphatic rings. The number of carbonyl (C=O) groups excluding carboxylic acids is 1. The second kappa shape index (κ2) is 9.42. The van der Waals surface area contributed by atoms with Gasteiger partial charge < -0.3 is 9.47 Å². The molecule has 0 bridgehead atoms. The molecule has 0 amide bonds. The Bertz CT molecular complexity index is 762. The molecule has 3 nitrogen and oxygen atoms in total. The van der Waals surface area contributed by atoms with E-state index in [0.717, 1.165) is 36.1 Å². The molecule has 0 heterocycles. The maximum atomic E-state index is 11.8. The lowest BCUT2D eigenvalue weighted by molar-refractivity contribution is -0.134. The minimum Gasteiger partial charge on any atom is -0.488 e. The van der Waals surface area contributed by atoms with Crippen molar-refractivity contribution in [2.24, 2.45) is 0 Å². The highest BCUT2D eigenvalue weighted by Crippen LogP contribution is 2.29. The highest BCUT2D eigenvalue weighted by Gasteiger charge is 2.14. The highest BCUT2D eigenvalue weighted by atomic mass is 16.5. The molecule has 0 radical (unpaired) electrons. The molecule has 0 N–H and O–H groups in total. The molecule has 0 aliphatic heterocycles. The molecule has 0 atom stereocenters. The predicted molar refractivity (Wildman–Crippen MR) is 106 cm³/mol. The predicted octanol–water partition coefficient (Wildman–Crippen LogP) is 5.58. The summed E-state index contributed by atoms with van der Waals surface area (Å²) in [4.78, 5) is 11.8. The van der Waals surface area contributed by atoms with Gasteiger partial charge in [0.15, 0.2) is 0 Å². The van der Waals surface area contributed by atoms with Crippen LogP contribution in [0.15, 0.2) is 30.3 Å². The number of aryl methyl sites for hydroxylation is 4. The normalized spacial score (nSPS) is 10.7. The van der Waals surface area contributed by atoms with E-state index in [1.165, 1.54) is 16.7 Å². The Balaban J connectivity index is 2.31. The summed E-state index contributed by atoms with van der Waals surface area (Å²) in [5, 5.41) is 0. The van der Waals surface area contributed by atoms with Crippen molar-refractivity contribution in [2.45, 2.75) is 66.9 Å². The van der Waals surface area contributed by atoms with Crippen LogP contribution in [0.4, 0.5) is 0 Å². The van der Waals surface area contributed by atoms with E-state index >= 15 is 0 Å². The van der Waals surface area contributed by atoms with Crippen LogP contribution in [-0.2, 0) is 30.7 Å². The van der Waals surface area contributed by atoms with Gasteiger partial charge in [0.2, 0.25) is 0 Å². The molecule has 2 aromatic rings. The number of esters is 1. The van der Waals surface area contributed by atoms with Gasteiger partial charge in [-0.25, -0.2) is 0 Å². The Kier molecular flexibility index (Phi) is 7.26. The van der Waals surface area contributed by atoms with Crippen molar-refractivity contribution in [3.05, 3.63) is 58.1 Å². The lowest BCUT2D eigenvalue weighted by Gasteiger charge is -2.17. The van der Waals surface area contributed by atoms with Gasteiger partial charge in [0, 0.05) is 12.0 Å². The van der Waals surface area contributed by atoms with Gasteiger partial charge in [-0.2, -0.15) is 0 Å². The van der Waals surface area contributed by atoms with Crippen LogP contribution in [0, 0.1) is 6.92 Å². The maximum Gasteiger partial charge on any atom is 0.310 e. The van der Waals surface area contributed by atoms with Crippen molar-refractivity contribution in [3.8, 4) is 11.5 Å². The lowest BCUT2D eigenvalue weighted by Crippen LogP contribution is -2.10. The third-order valence-electron chi connectivity index (χ3n) is 4.78. The highest BCUT2D eigenvalue weighted by molar-refractivity contribution is 5.72. The summed E-state index contributed by atoms with van der Waals surface area (Å²) in [5.74, 6) is 1.30. The first-order valence-corrected chi connectivity index (χ1v) is 9.60. The molecule has 0 aromatic heterocycles. The Morgan fingerprint density at radius 3 is 2.19 bits per heavy atom. The minimum atomic E-state index is -0.225. The van der Waals surface area contributed by atoms with Crippen molar-refractivity contribution in [3.63, 3.8) is 0 Å². The zero-order chi connectivity index (χ0) is 19.1. The Labute approximate surface area is 157 Å². The van der Waals surface area contributed by atoms with E-state index in [-0.39, 0.29) is 5.97 Å². The second-order valence-electron chi connectivity index (χ2n) is 6.46. The molecule has 0 saturated carbocycles. The smallest absolute Gasteiger partial charge is 0.310 e. The number of ether oxygens (including phenoxy) is 2. The first-order chi connectivity index (χ1) is 12.5. The molecule has 0 unspecified atom stereocenters. The van der Waals surface area contributed by atoms with Crippen LogP contribution in [0.25, 0.3) is 0 Å². The van der Waals surface area contributed by atoms with Gasteiger partial charge in [-0.05, 0) is 60.6 Å². The van der Waals surface area contributed by atoms with E-state index in [0.29, 0.717) is 18.8 Å². The number of hydrogen-bond acceptors (Lipinski definition) is 3. The van der Waals surface area contributed by atoms with E-state index in [2.05, 4.69) is 45.9 Å². The standard InChI is InChI=1S/C23H30O3/c1-6-17-11-10-12-21(26-23(24)9-4)20(17)15-25-22-13-16(5)18(7-2)14-19(22)8-3/h10-14H,6-9,15H2,1-5H3. The fraction of sp³-hybridized carbons (Fsp3) is 0.435. The van der Waals surface area contributed by atoms with E-state index < -0.39 is 0 Å². The van der Waals surface area contributed by atoms with Crippen molar-refractivity contribution in [1.29, 1.82) is 0 Å². The third kappa shape index (κ3) is 4.66. The zero-order valence-corrected chi connectivity index (χ0v) is 16.6. The average molecular weight is 354 g/mol. The Morgan fingerprint density at radius 2 is 1.58 bits per heavy atom. The average Bonchev–Trinajstić information content (AvgIpc) is 2.66. The van der Waals surface area contributed by atoms with Crippen LogP contribution in [-0.4, -0.2) is 5.97 Å². The minimum absolute atomic E-state index is 0.225.